The highest BCUT2D eigenvalue weighted by molar-refractivity contribution is 5.67. The first kappa shape index (κ1) is 12.3. The zero-order valence-corrected chi connectivity index (χ0v) is 9.71. The minimum absolute atomic E-state index is 0.0786. The predicted octanol–water partition coefficient (Wildman–Crippen LogP) is 1.78. The Labute approximate surface area is 91.5 Å². The van der Waals surface area contributed by atoms with Crippen LogP contribution in [0.25, 0.3) is 0 Å². The summed E-state index contributed by atoms with van der Waals surface area (Å²) in [5, 5.41) is 2.74. The average molecular weight is 214 g/mol. The molecule has 4 heteroatoms. The van der Waals surface area contributed by atoms with Crippen molar-refractivity contribution >= 4 is 6.09 Å². The minimum Gasteiger partial charge on any atom is -0.447 e. The van der Waals surface area contributed by atoms with Gasteiger partial charge in [0.1, 0.15) is 0 Å². The summed E-state index contributed by atoms with van der Waals surface area (Å²) in [5.74, 6) is 0. The zero-order valence-electron chi connectivity index (χ0n) is 9.71. The first-order valence-electron chi connectivity index (χ1n) is 5.75. The summed E-state index contributed by atoms with van der Waals surface area (Å²) in [4.78, 5) is 11.2. The van der Waals surface area contributed by atoms with Gasteiger partial charge in [0.2, 0.25) is 0 Å². The summed E-state index contributed by atoms with van der Waals surface area (Å²) in [7, 11) is 0. The highest BCUT2D eigenvalue weighted by Gasteiger charge is 2.27. The first-order valence-corrected chi connectivity index (χ1v) is 5.75. The van der Waals surface area contributed by atoms with E-state index in [0.29, 0.717) is 6.54 Å². The smallest absolute Gasteiger partial charge is 0.407 e. The van der Waals surface area contributed by atoms with E-state index in [1.165, 1.54) is 6.42 Å². The molecule has 88 valence electrons. The molecule has 0 spiro atoms. The summed E-state index contributed by atoms with van der Waals surface area (Å²) < 4.78 is 4.98. The third kappa shape index (κ3) is 4.51. The second-order valence-electron chi connectivity index (χ2n) is 4.73. The van der Waals surface area contributed by atoms with Crippen LogP contribution in [0.4, 0.5) is 4.79 Å². The molecule has 0 bridgehead atoms. The lowest BCUT2D eigenvalue weighted by atomic mass is 9.82. The highest BCUT2D eigenvalue weighted by Crippen LogP contribution is 2.25. The Morgan fingerprint density at radius 3 is 2.53 bits per heavy atom. The summed E-state index contributed by atoms with van der Waals surface area (Å²) in [6, 6.07) is 0. The van der Waals surface area contributed by atoms with Crippen LogP contribution in [0, 0.1) is 0 Å². The van der Waals surface area contributed by atoms with Crippen LogP contribution in [0.3, 0.4) is 0 Å². The number of hydrogen-bond acceptors (Lipinski definition) is 3. The zero-order chi connectivity index (χ0) is 11.3. The van der Waals surface area contributed by atoms with Crippen molar-refractivity contribution in [3.63, 3.8) is 0 Å². The van der Waals surface area contributed by atoms with E-state index >= 15 is 0 Å². The molecule has 1 amide bonds. The van der Waals surface area contributed by atoms with Crippen LogP contribution < -0.4 is 11.1 Å². The molecule has 0 saturated heterocycles. The summed E-state index contributed by atoms with van der Waals surface area (Å²) in [5.41, 5.74) is 5.95. The Morgan fingerprint density at radius 1 is 1.40 bits per heavy atom. The van der Waals surface area contributed by atoms with Gasteiger partial charge in [-0.2, -0.15) is 0 Å². The molecule has 1 saturated carbocycles. The lowest BCUT2D eigenvalue weighted by molar-refractivity contribution is 0.112. The standard InChI is InChI=1S/C11H22N2O2/c1-9(2)15-10(14)13-8-11(12)6-4-3-5-7-11/h9H,3-8,12H2,1-2H3,(H,13,14). The predicted molar refractivity (Wildman–Crippen MR) is 59.6 cm³/mol. The Hall–Kier alpha value is -0.770. The van der Waals surface area contributed by atoms with Crippen LogP contribution in [0.2, 0.25) is 0 Å². The van der Waals surface area contributed by atoms with Crippen molar-refractivity contribution in [3.8, 4) is 0 Å². The number of carbonyl (C=O) groups excluding carboxylic acids is 1. The number of alkyl carbamates (subject to hydrolysis) is 1. The number of carbonyl (C=O) groups is 1. The molecule has 4 nitrogen and oxygen atoms in total. The molecular weight excluding hydrogens is 192 g/mol. The lowest BCUT2D eigenvalue weighted by Crippen LogP contribution is -2.51. The molecule has 0 radical (unpaired) electrons. The van der Waals surface area contributed by atoms with E-state index in [9.17, 15) is 4.79 Å². The molecule has 0 aromatic carbocycles. The van der Waals surface area contributed by atoms with Crippen molar-refractivity contribution in [3.05, 3.63) is 0 Å². The fraction of sp³-hybridized carbons (Fsp3) is 0.909. The largest absolute Gasteiger partial charge is 0.447 e. The van der Waals surface area contributed by atoms with Gasteiger partial charge in [-0.1, -0.05) is 19.3 Å². The van der Waals surface area contributed by atoms with Gasteiger partial charge >= 0.3 is 6.09 Å². The van der Waals surface area contributed by atoms with Gasteiger partial charge in [-0.3, -0.25) is 0 Å². The maximum absolute atomic E-state index is 11.2. The van der Waals surface area contributed by atoms with Gasteiger partial charge in [0.15, 0.2) is 0 Å². The first-order chi connectivity index (χ1) is 7.02. The van der Waals surface area contributed by atoms with Gasteiger partial charge in [0, 0.05) is 12.1 Å². The SMILES string of the molecule is CC(C)OC(=O)NCC1(N)CCCCC1. The topological polar surface area (TPSA) is 64.3 Å². The van der Waals surface area contributed by atoms with E-state index < -0.39 is 0 Å². The molecule has 0 aromatic heterocycles. The fourth-order valence-electron chi connectivity index (χ4n) is 1.94. The van der Waals surface area contributed by atoms with Gasteiger partial charge in [-0.25, -0.2) is 4.79 Å². The molecule has 1 aliphatic carbocycles. The molecule has 3 N–H and O–H groups in total. The molecule has 0 heterocycles. The Balaban J connectivity index is 2.25. The Bertz CT molecular complexity index is 211. The molecule has 1 rings (SSSR count). The molecule has 1 fully saturated rings. The van der Waals surface area contributed by atoms with Crippen molar-refractivity contribution in [2.75, 3.05) is 6.54 Å². The van der Waals surface area contributed by atoms with Crippen molar-refractivity contribution in [2.45, 2.75) is 57.6 Å². The third-order valence-electron chi connectivity index (χ3n) is 2.78. The lowest BCUT2D eigenvalue weighted by Gasteiger charge is -2.33. The number of nitrogens with one attached hydrogen (secondary N) is 1. The quantitative estimate of drug-likeness (QED) is 0.752. The van der Waals surface area contributed by atoms with Gasteiger partial charge < -0.3 is 15.8 Å². The number of hydrogen-bond donors (Lipinski definition) is 2. The van der Waals surface area contributed by atoms with Crippen molar-refractivity contribution in [1.29, 1.82) is 0 Å². The maximum atomic E-state index is 11.2. The Morgan fingerprint density at radius 2 is 2.00 bits per heavy atom. The number of ether oxygens (including phenoxy) is 1. The van der Waals surface area contributed by atoms with Gasteiger partial charge in [-0.15, -0.1) is 0 Å². The van der Waals surface area contributed by atoms with Crippen molar-refractivity contribution < 1.29 is 9.53 Å². The second kappa shape index (κ2) is 5.35. The molecule has 0 unspecified atom stereocenters. The Kier molecular flexibility index (Phi) is 4.39. The van der Waals surface area contributed by atoms with Crippen LogP contribution in [0.1, 0.15) is 46.0 Å². The third-order valence-corrected chi connectivity index (χ3v) is 2.78. The molecule has 0 atom stereocenters. The van der Waals surface area contributed by atoms with Crippen LogP contribution >= 0.6 is 0 Å². The van der Waals surface area contributed by atoms with Crippen molar-refractivity contribution in [2.24, 2.45) is 5.73 Å². The van der Waals surface area contributed by atoms with Gasteiger partial charge in [0.05, 0.1) is 6.10 Å². The molecule has 1 aliphatic rings. The number of rotatable bonds is 3. The number of amides is 1. The fourth-order valence-corrected chi connectivity index (χ4v) is 1.94. The summed E-state index contributed by atoms with van der Waals surface area (Å²) in [6.07, 6.45) is 5.14. The van der Waals surface area contributed by atoms with E-state index in [2.05, 4.69) is 5.32 Å². The minimum atomic E-state index is -0.361. The average Bonchev–Trinajstić information content (AvgIpc) is 2.15. The number of nitrogens with two attached hydrogens (primary N) is 1. The molecule has 0 aliphatic heterocycles. The van der Waals surface area contributed by atoms with E-state index in [0.717, 1.165) is 25.7 Å². The second-order valence-corrected chi connectivity index (χ2v) is 4.73. The monoisotopic (exact) mass is 214 g/mol. The van der Waals surface area contributed by atoms with Crippen molar-refractivity contribution in [1.82, 2.24) is 5.32 Å². The van der Waals surface area contributed by atoms with Gasteiger partial charge in [0.25, 0.3) is 0 Å². The summed E-state index contributed by atoms with van der Waals surface area (Å²) >= 11 is 0. The molecular formula is C11H22N2O2. The molecule has 15 heavy (non-hydrogen) atoms. The summed E-state index contributed by atoms with van der Waals surface area (Å²) in [6.45, 7) is 4.19. The van der Waals surface area contributed by atoms with E-state index in [-0.39, 0.29) is 17.7 Å². The van der Waals surface area contributed by atoms with E-state index in [4.69, 9.17) is 10.5 Å². The van der Waals surface area contributed by atoms with Crippen LogP contribution in [-0.4, -0.2) is 24.3 Å². The van der Waals surface area contributed by atoms with Crippen LogP contribution in [-0.2, 0) is 4.74 Å². The van der Waals surface area contributed by atoms with Gasteiger partial charge in [-0.05, 0) is 26.7 Å². The van der Waals surface area contributed by atoms with Crippen LogP contribution in [0.5, 0.6) is 0 Å². The van der Waals surface area contributed by atoms with Crippen LogP contribution in [0.15, 0.2) is 0 Å². The molecule has 0 aromatic rings. The highest BCUT2D eigenvalue weighted by atomic mass is 16.6. The normalized spacial score (nSPS) is 20.0. The maximum Gasteiger partial charge on any atom is 0.407 e. The van der Waals surface area contributed by atoms with E-state index in [1.54, 1.807) is 0 Å². The van der Waals surface area contributed by atoms with E-state index in [1.807, 2.05) is 13.8 Å².